The van der Waals surface area contributed by atoms with Crippen molar-refractivity contribution in [1.29, 1.82) is 0 Å². The molecule has 0 radical (unpaired) electrons. The summed E-state index contributed by atoms with van der Waals surface area (Å²) in [5.41, 5.74) is 7.73. The average molecular weight is 314 g/mol. The van der Waals surface area contributed by atoms with Crippen LogP contribution in [-0.4, -0.2) is 37.1 Å². The lowest BCUT2D eigenvalue weighted by Crippen LogP contribution is -2.45. The number of anilines is 2. The molecule has 98 valence electrons. The highest BCUT2D eigenvalue weighted by atomic mass is 79.9. The van der Waals surface area contributed by atoms with Crippen molar-refractivity contribution in [3.63, 3.8) is 0 Å². The van der Waals surface area contributed by atoms with Crippen molar-refractivity contribution in [2.75, 3.05) is 36.9 Å². The van der Waals surface area contributed by atoms with Crippen molar-refractivity contribution in [1.82, 2.24) is 4.98 Å². The summed E-state index contributed by atoms with van der Waals surface area (Å²) in [6.45, 7) is 3.18. The van der Waals surface area contributed by atoms with E-state index in [9.17, 15) is 0 Å². The first-order valence-corrected chi connectivity index (χ1v) is 6.91. The lowest BCUT2D eigenvalue weighted by Gasteiger charge is -2.39. The van der Waals surface area contributed by atoms with Crippen LogP contribution in [0.15, 0.2) is 16.9 Å². The number of piperidine rings is 1. The maximum atomic E-state index is 6.00. The molecule has 2 N–H and O–H groups in total. The highest BCUT2D eigenvalue weighted by Gasteiger charge is 2.40. The second-order valence-electron chi connectivity index (χ2n) is 4.65. The van der Waals surface area contributed by atoms with E-state index in [1.54, 1.807) is 12.4 Å². The fourth-order valence-electron chi connectivity index (χ4n) is 2.63. The highest BCUT2D eigenvalue weighted by molar-refractivity contribution is 9.10. The number of halogens is 1. The van der Waals surface area contributed by atoms with Gasteiger partial charge >= 0.3 is 0 Å². The van der Waals surface area contributed by atoms with E-state index < -0.39 is 0 Å². The summed E-state index contributed by atoms with van der Waals surface area (Å²) in [6.07, 6.45) is 5.22. The van der Waals surface area contributed by atoms with Gasteiger partial charge in [0.15, 0.2) is 5.79 Å². The molecular formula is C12H16BrN3O2. The quantitative estimate of drug-likeness (QED) is 0.856. The number of nitrogens with two attached hydrogens (primary N) is 1. The Morgan fingerprint density at radius 3 is 2.50 bits per heavy atom. The van der Waals surface area contributed by atoms with Crippen LogP contribution in [0.4, 0.5) is 11.4 Å². The molecule has 0 aromatic carbocycles. The number of nitrogen functional groups attached to an aromatic ring is 1. The van der Waals surface area contributed by atoms with E-state index >= 15 is 0 Å². The monoisotopic (exact) mass is 313 g/mol. The summed E-state index contributed by atoms with van der Waals surface area (Å²) >= 11 is 3.51. The first-order chi connectivity index (χ1) is 8.70. The van der Waals surface area contributed by atoms with Gasteiger partial charge in [-0.15, -0.1) is 0 Å². The normalized spacial score (nSPS) is 22.6. The zero-order valence-corrected chi connectivity index (χ0v) is 11.6. The van der Waals surface area contributed by atoms with Crippen LogP contribution in [0, 0.1) is 0 Å². The summed E-state index contributed by atoms with van der Waals surface area (Å²) < 4.78 is 12.4. The van der Waals surface area contributed by atoms with Gasteiger partial charge in [-0.25, -0.2) is 0 Å². The Morgan fingerprint density at radius 2 is 1.89 bits per heavy atom. The number of aromatic nitrogens is 1. The average Bonchev–Trinajstić information content (AvgIpc) is 2.80. The largest absolute Gasteiger partial charge is 0.396 e. The zero-order chi connectivity index (χ0) is 12.6. The van der Waals surface area contributed by atoms with Crippen molar-refractivity contribution in [3.8, 4) is 0 Å². The molecule has 2 aliphatic rings. The molecule has 2 aliphatic heterocycles. The Bertz CT molecular complexity index is 419. The molecule has 1 spiro atoms. The molecule has 0 atom stereocenters. The molecule has 0 aliphatic carbocycles. The molecule has 0 unspecified atom stereocenters. The Balaban J connectivity index is 1.76. The standard InChI is InChI=1S/C12H16BrN3O2/c13-9-7-15-8-10(14)11(9)16-3-1-12(2-4-16)17-5-6-18-12/h7-8H,1-6,14H2. The number of pyridine rings is 1. The first-order valence-electron chi connectivity index (χ1n) is 6.12. The summed E-state index contributed by atoms with van der Waals surface area (Å²) in [6, 6.07) is 0. The van der Waals surface area contributed by atoms with Crippen LogP contribution in [0.3, 0.4) is 0 Å². The van der Waals surface area contributed by atoms with E-state index in [-0.39, 0.29) is 5.79 Å². The van der Waals surface area contributed by atoms with Crippen LogP contribution in [0.25, 0.3) is 0 Å². The molecule has 2 saturated heterocycles. The summed E-state index contributed by atoms with van der Waals surface area (Å²) in [7, 11) is 0. The molecule has 6 heteroatoms. The van der Waals surface area contributed by atoms with Crippen molar-refractivity contribution in [3.05, 3.63) is 16.9 Å². The lowest BCUT2D eigenvalue weighted by atomic mass is 10.0. The van der Waals surface area contributed by atoms with Crippen molar-refractivity contribution in [2.45, 2.75) is 18.6 Å². The van der Waals surface area contributed by atoms with Gasteiger partial charge in [0.25, 0.3) is 0 Å². The van der Waals surface area contributed by atoms with Crippen LogP contribution in [0.1, 0.15) is 12.8 Å². The Morgan fingerprint density at radius 1 is 1.22 bits per heavy atom. The van der Waals surface area contributed by atoms with E-state index in [1.165, 1.54) is 0 Å². The molecule has 0 bridgehead atoms. The fourth-order valence-corrected chi connectivity index (χ4v) is 3.23. The molecule has 0 amide bonds. The minimum absolute atomic E-state index is 0.342. The Labute approximate surface area is 114 Å². The Hall–Kier alpha value is -0.850. The summed E-state index contributed by atoms with van der Waals surface area (Å²) in [5, 5.41) is 0. The number of ether oxygens (including phenoxy) is 2. The second-order valence-corrected chi connectivity index (χ2v) is 5.51. The third-order valence-electron chi connectivity index (χ3n) is 3.56. The number of nitrogens with zero attached hydrogens (tertiary/aromatic N) is 2. The molecule has 1 aromatic heterocycles. The van der Waals surface area contributed by atoms with Crippen LogP contribution < -0.4 is 10.6 Å². The molecule has 5 nitrogen and oxygen atoms in total. The SMILES string of the molecule is Nc1cncc(Br)c1N1CCC2(CC1)OCCO2. The third kappa shape index (κ3) is 2.08. The van der Waals surface area contributed by atoms with Gasteiger partial charge in [-0.2, -0.15) is 0 Å². The van der Waals surface area contributed by atoms with Gasteiger partial charge in [0.2, 0.25) is 0 Å². The fraction of sp³-hybridized carbons (Fsp3) is 0.583. The number of hydrogen-bond acceptors (Lipinski definition) is 5. The minimum atomic E-state index is -0.342. The third-order valence-corrected chi connectivity index (χ3v) is 4.14. The van der Waals surface area contributed by atoms with Gasteiger partial charge in [-0.05, 0) is 15.9 Å². The van der Waals surface area contributed by atoms with Gasteiger partial charge in [-0.1, -0.05) is 0 Å². The molecule has 18 heavy (non-hydrogen) atoms. The van der Waals surface area contributed by atoms with Crippen molar-refractivity contribution >= 4 is 27.3 Å². The van der Waals surface area contributed by atoms with Crippen molar-refractivity contribution in [2.24, 2.45) is 0 Å². The zero-order valence-electron chi connectivity index (χ0n) is 10.1. The number of hydrogen-bond donors (Lipinski definition) is 1. The van der Waals surface area contributed by atoms with Crippen LogP contribution in [-0.2, 0) is 9.47 Å². The van der Waals surface area contributed by atoms with E-state index in [1.807, 2.05) is 0 Å². The van der Waals surface area contributed by atoms with Gasteiger partial charge in [0.05, 0.1) is 35.3 Å². The molecular weight excluding hydrogens is 298 g/mol. The molecule has 1 aromatic rings. The van der Waals surface area contributed by atoms with Crippen LogP contribution in [0.2, 0.25) is 0 Å². The minimum Gasteiger partial charge on any atom is -0.396 e. The summed E-state index contributed by atoms with van der Waals surface area (Å²) in [5.74, 6) is -0.342. The van der Waals surface area contributed by atoms with Gasteiger partial charge in [-0.3, -0.25) is 4.98 Å². The summed E-state index contributed by atoms with van der Waals surface area (Å²) in [4.78, 5) is 6.32. The first kappa shape index (κ1) is 12.2. The smallest absolute Gasteiger partial charge is 0.171 e. The highest BCUT2D eigenvalue weighted by Crippen LogP contribution is 2.37. The molecule has 3 rings (SSSR count). The number of rotatable bonds is 1. The van der Waals surface area contributed by atoms with E-state index in [0.717, 1.165) is 36.1 Å². The maximum Gasteiger partial charge on any atom is 0.171 e. The predicted molar refractivity (Wildman–Crippen MR) is 72.4 cm³/mol. The lowest BCUT2D eigenvalue weighted by molar-refractivity contribution is -0.169. The maximum absolute atomic E-state index is 6.00. The molecule has 0 saturated carbocycles. The van der Waals surface area contributed by atoms with Gasteiger partial charge in [0, 0.05) is 32.1 Å². The Kier molecular flexibility index (Phi) is 3.17. The van der Waals surface area contributed by atoms with Gasteiger partial charge in [0.1, 0.15) is 0 Å². The van der Waals surface area contributed by atoms with E-state index in [0.29, 0.717) is 18.9 Å². The van der Waals surface area contributed by atoms with Crippen molar-refractivity contribution < 1.29 is 9.47 Å². The van der Waals surface area contributed by atoms with E-state index in [2.05, 4.69) is 25.8 Å². The molecule has 2 fully saturated rings. The van der Waals surface area contributed by atoms with Gasteiger partial charge < -0.3 is 20.1 Å². The second kappa shape index (κ2) is 4.68. The molecule has 3 heterocycles. The topological polar surface area (TPSA) is 60.6 Å². The van der Waals surface area contributed by atoms with Crippen LogP contribution in [0.5, 0.6) is 0 Å². The van der Waals surface area contributed by atoms with E-state index in [4.69, 9.17) is 15.2 Å². The predicted octanol–water partition coefficient (Wildman–Crippen LogP) is 1.77. The van der Waals surface area contributed by atoms with Crippen LogP contribution >= 0.6 is 15.9 Å².